The van der Waals surface area contributed by atoms with Gasteiger partial charge in [0.1, 0.15) is 12.0 Å². The molecule has 1 aliphatic rings. The zero-order chi connectivity index (χ0) is 14.0. The Morgan fingerprint density at radius 1 is 1.37 bits per heavy atom. The normalized spacial score (nSPS) is 15.5. The van der Waals surface area contributed by atoms with Crippen molar-refractivity contribution in [2.75, 3.05) is 31.1 Å². The molecule has 0 saturated carbocycles. The van der Waals surface area contributed by atoms with E-state index in [9.17, 15) is 14.9 Å². The average Bonchev–Trinajstić information content (AvgIpc) is 2.38. The van der Waals surface area contributed by atoms with Gasteiger partial charge in [-0.2, -0.15) is 0 Å². The van der Waals surface area contributed by atoms with E-state index in [1.54, 1.807) is 11.8 Å². The van der Waals surface area contributed by atoms with E-state index in [-0.39, 0.29) is 11.6 Å². The molecule has 0 aliphatic carbocycles. The number of carbonyl (C=O) groups is 1. The van der Waals surface area contributed by atoms with Gasteiger partial charge in [-0.25, -0.2) is 4.98 Å². The molecule has 1 saturated heterocycles. The number of anilines is 1. The lowest BCUT2D eigenvalue weighted by Crippen LogP contribution is -2.48. The van der Waals surface area contributed by atoms with Crippen molar-refractivity contribution in [2.24, 2.45) is 0 Å². The molecule has 1 amide bonds. The van der Waals surface area contributed by atoms with Crippen molar-refractivity contribution in [3.05, 3.63) is 27.9 Å². The van der Waals surface area contributed by atoms with E-state index in [1.165, 1.54) is 12.3 Å². The number of aryl methyl sites for hydroxylation is 1. The molecule has 102 valence electrons. The smallest absolute Gasteiger partial charge is 0.287 e. The number of amides is 1. The minimum atomic E-state index is -0.447. The van der Waals surface area contributed by atoms with Crippen molar-refractivity contribution >= 4 is 17.4 Å². The number of nitrogens with zero attached hydrogens (tertiary/aromatic N) is 4. The standard InChI is InChI=1S/C12H16N4O3/c1-9-7-11(16(18)19)8-13-12(9)15-5-3-14(4-6-15)10(2)17/h7-8H,3-6H2,1-2H3. The zero-order valence-electron chi connectivity index (χ0n) is 11.0. The Balaban J connectivity index is 2.11. The van der Waals surface area contributed by atoms with Crippen LogP contribution in [-0.4, -0.2) is 46.9 Å². The minimum absolute atomic E-state index is 0.00335. The fraction of sp³-hybridized carbons (Fsp3) is 0.500. The van der Waals surface area contributed by atoms with E-state index >= 15 is 0 Å². The molecule has 1 aromatic heterocycles. The highest BCUT2D eigenvalue weighted by Crippen LogP contribution is 2.22. The maximum absolute atomic E-state index is 11.2. The third kappa shape index (κ3) is 2.81. The number of carbonyl (C=O) groups excluding carboxylic acids is 1. The summed E-state index contributed by atoms with van der Waals surface area (Å²) in [6.45, 7) is 6.09. The van der Waals surface area contributed by atoms with Gasteiger partial charge in [0, 0.05) is 39.2 Å². The fourth-order valence-corrected chi connectivity index (χ4v) is 2.22. The number of rotatable bonds is 2. The summed E-state index contributed by atoms with van der Waals surface area (Å²) in [6, 6.07) is 1.53. The first kappa shape index (κ1) is 13.3. The van der Waals surface area contributed by atoms with Gasteiger partial charge in [-0.1, -0.05) is 0 Å². The molecule has 2 heterocycles. The monoisotopic (exact) mass is 264 g/mol. The highest BCUT2D eigenvalue weighted by molar-refractivity contribution is 5.73. The van der Waals surface area contributed by atoms with Crippen LogP contribution >= 0.6 is 0 Å². The van der Waals surface area contributed by atoms with Crippen molar-refractivity contribution in [2.45, 2.75) is 13.8 Å². The quantitative estimate of drug-likeness (QED) is 0.587. The maximum atomic E-state index is 11.2. The van der Waals surface area contributed by atoms with E-state index in [0.717, 1.165) is 11.4 Å². The molecule has 1 aliphatic heterocycles. The molecule has 0 bridgehead atoms. The van der Waals surface area contributed by atoms with E-state index in [0.29, 0.717) is 26.2 Å². The van der Waals surface area contributed by atoms with Gasteiger partial charge >= 0.3 is 0 Å². The summed E-state index contributed by atoms with van der Waals surface area (Å²) in [5.74, 6) is 0.835. The Morgan fingerprint density at radius 3 is 2.47 bits per heavy atom. The molecule has 0 radical (unpaired) electrons. The topological polar surface area (TPSA) is 79.6 Å². The molecular weight excluding hydrogens is 248 g/mol. The van der Waals surface area contributed by atoms with Gasteiger partial charge in [-0.3, -0.25) is 14.9 Å². The summed E-state index contributed by atoms with van der Waals surface area (Å²) in [5.41, 5.74) is 0.786. The highest BCUT2D eigenvalue weighted by Gasteiger charge is 2.21. The summed E-state index contributed by atoms with van der Waals surface area (Å²) in [6.07, 6.45) is 1.28. The van der Waals surface area contributed by atoms with Crippen LogP contribution in [0.4, 0.5) is 11.5 Å². The Hall–Kier alpha value is -2.18. The second kappa shape index (κ2) is 5.21. The number of hydrogen-bond acceptors (Lipinski definition) is 5. The molecule has 7 heteroatoms. The first-order chi connectivity index (χ1) is 8.99. The van der Waals surface area contributed by atoms with Gasteiger partial charge in [-0.15, -0.1) is 0 Å². The van der Waals surface area contributed by atoms with Gasteiger partial charge in [0.2, 0.25) is 5.91 Å². The molecule has 1 aromatic rings. The number of pyridine rings is 1. The van der Waals surface area contributed by atoms with Gasteiger partial charge in [0.25, 0.3) is 5.69 Å². The van der Waals surface area contributed by atoms with Crippen molar-refractivity contribution < 1.29 is 9.72 Å². The van der Waals surface area contributed by atoms with Crippen molar-refractivity contribution in [3.63, 3.8) is 0 Å². The van der Waals surface area contributed by atoms with Crippen LogP contribution in [0.25, 0.3) is 0 Å². The number of hydrogen-bond donors (Lipinski definition) is 0. The zero-order valence-corrected chi connectivity index (χ0v) is 11.0. The summed E-state index contributed by atoms with van der Waals surface area (Å²) in [5, 5.41) is 10.7. The lowest BCUT2D eigenvalue weighted by Gasteiger charge is -2.35. The molecule has 0 unspecified atom stereocenters. The van der Waals surface area contributed by atoms with Gasteiger partial charge < -0.3 is 9.80 Å². The van der Waals surface area contributed by atoms with Crippen LogP contribution in [0.5, 0.6) is 0 Å². The number of nitro groups is 1. The van der Waals surface area contributed by atoms with Gasteiger partial charge in [-0.05, 0) is 12.5 Å². The third-order valence-corrected chi connectivity index (χ3v) is 3.27. The SMILES string of the molecule is CC(=O)N1CCN(c2ncc([N+](=O)[O-])cc2C)CC1. The number of piperazine rings is 1. The predicted octanol–water partition coefficient (Wildman–Crippen LogP) is 0.967. The molecule has 0 aromatic carbocycles. The largest absolute Gasteiger partial charge is 0.353 e. The Labute approximate surface area is 111 Å². The van der Waals surface area contributed by atoms with Crippen molar-refractivity contribution in [3.8, 4) is 0 Å². The van der Waals surface area contributed by atoms with Crippen LogP contribution < -0.4 is 4.90 Å². The van der Waals surface area contributed by atoms with Crippen LogP contribution in [0.3, 0.4) is 0 Å². The summed E-state index contributed by atoms with van der Waals surface area (Å²) >= 11 is 0. The second-order valence-electron chi connectivity index (χ2n) is 4.58. The first-order valence-electron chi connectivity index (χ1n) is 6.10. The summed E-state index contributed by atoms with van der Waals surface area (Å²) in [7, 11) is 0. The number of aromatic nitrogens is 1. The average molecular weight is 264 g/mol. The molecule has 19 heavy (non-hydrogen) atoms. The van der Waals surface area contributed by atoms with Crippen LogP contribution in [0.15, 0.2) is 12.3 Å². The van der Waals surface area contributed by atoms with Crippen LogP contribution in [0.1, 0.15) is 12.5 Å². The lowest BCUT2D eigenvalue weighted by molar-refractivity contribution is -0.385. The van der Waals surface area contributed by atoms with Crippen LogP contribution in [0.2, 0.25) is 0 Å². The Kier molecular flexibility index (Phi) is 3.64. The van der Waals surface area contributed by atoms with Gasteiger partial charge in [0.15, 0.2) is 0 Å². The second-order valence-corrected chi connectivity index (χ2v) is 4.58. The fourth-order valence-electron chi connectivity index (χ4n) is 2.22. The maximum Gasteiger partial charge on any atom is 0.287 e. The van der Waals surface area contributed by atoms with Crippen LogP contribution in [0, 0.1) is 17.0 Å². The first-order valence-corrected chi connectivity index (χ1v) is 6.10. The van der Waals surface area contributed by atoms with Crippen molar-refractivity contribution in [1.82, 2.24) is 9.88 Å². The molecule has 7 nitrogen and oxygen atoms in total. The van der Waals surface area contributed by atoms with Gasteiger partial charge in [0.05, 0.1) is 4.92 Å². The molecule has 0 atom stereocenters. The van der Waals surface area contributed by atoms with Crippen molar-refractivity contribution in [1.29, 1.82) is 0 Å². The lowest BCUT2D eigenvalue weighted by atomic mass is 10.2. The molecule has 1 fully saturated rings. The van der Waals surface area contributed by atoms with E-state index < -0.39 is 4.92 Å². The van der Waals surface area contributed by atoms with E-state index in [2.05, 4.69) is 9.88 Å². The predicted molar refractivity (Wildman–Crippen MR) is 70.1 cm³/mol. The van der Waals surface area contributed by atoms with Crippen LogP contribution in [-0.2, 0) is 4.79 Å². The molecule has 2 rings (SSSR count). The highest BCUT2D eigenvalue weighted by atomic mass is 16.6. The third-order valence-electron chi connectivity index (χ3n) is 3.27. The Morgan fingerprint density at radius 2 is 2.00 bits per heavy atom. The summed E-state index contributed by atoms with van der Waals surface area (Å²) in [4.78, 5) is 29.5. The van der Waals surface area contributed by atoms with E-state index in [4.69, 9.17) is 0 Å². The van der Waals surface area contributed by atoms with E-state index in [1.807, 2.05) is 6.92 Å². The summed E-state index contributed by atoms with van der Waals surface area (Å²) < 4.78 is 0. The molecular formula is C12H16N4O3. The Bertz CT molecular complexity index is 510. The molecule has 0 N–H and O–H groups in total. The molecule has 0 spiro atoms. The minimum Gasteiger partial charge on any atom is -0.353 e.